The van der Waals surface area contributed by atoms with Gasteiger partial charge < -0.3 is 20.1 Å². The molecule has 0 aliphatic rings. The molecule has 2 heterocycles. The van der Waals surface area contributed by atoms with Gasteiger partial charge in [-0.05, 0) is 25.1 Å². The van der Waals surface area contributed by atoms with Crippen LogP contribution in [0.4, 0.5) is 5.82 Å². The zero-order chi connectivity index (χ0) is 15.1. The van der Waals surface area contributed by atoms with E-state index in [-0.39, 0.29) is 6.61 Å². The van der Waals surface area contributed by atoms with Crippen molar-refractivity contribution in [3.63, 3.8) is 0 Å². The molecular formula is C14H14N4O3. The Morgan fingerprint density at radius 2 is 2.19 bits per heavy atom. The maximum Gasteiger partial charge on any atom is 0.341 e. The number of pyridine rings is 1. The number of benzene rings is 1. The lowest BCUT2D eigenvalue weighted by Gasteiger charge is -2.07. The number of nitrogens with zero attached hydrogens (tertiary/aromatic N) is 3. The highest BCUT2D eigenvalue weighted by atomic mass is 16.5. The molecule has 0 amide bonds. The normalized spacial score (nSPS) is 11.1. The first-order chi connectivity index (χ1) is 9.97. The highest BCUT2D eigenvalue weighted by Gasteiger charge is 2.14. The smallest absolute Gasteiger partial charge is 0.341 e. The van der Waals surface area contributed by atoms with Crippen molar-refractivity contribution in [1.82, 2.24) is 14.5 Å². The monoisotopic (exact) mass is 286 g/mol. The molecule has 0 radical (unpaired) electrons. The Hall–Kier alpha value is -2.83. The molecule has 0 fully saturated rings. The molecule has 0 atom stereocenters. The molecule has 1 aromatic carbocycles. The summed E-state index contributed by atoms with van der Waals surface area (Å²) in [6.07, 6.45) is 0. The molecule has 3 N–H and O–H groups in total. The van der Waals surface area contributed by atoms with Crippen LogP contribution in [0, 0.1) is 6.92 Å². The third-order valence-corrected chi connectivity index (χ3v) is 3.39. The Bertz CT molecular complexity index is 870. The number of ether oxygens (including phenoxy) is 1. The minimum absolute atomic E-state index is 0.375. The van der Waals surface area contributed by atoms with Gasteiger partial charge in [0.2, 0.25) is 0 Å². The number of anilines is 1. The van der Waals surface area contributed by atoms with Crippen molar-refractivity contribution < 1.29 is 14.6 Å². The number of fused-ring (bicyclic) bond motifs is 3. The van der Waals surface area contributed by atoms with Gasteiger partial charge in [0, 0.05) is 12.4 Å². The highest BCUT2D eigenvalue weighted by Crippen LogP contribution is 2.30. The van der Waals surface area contributed by atoms with Gasteiger partial charge in [-0.2, -0.15) is 0 Å². The molecule has 0 aliphatic carbocycles. The second kappa shape index (κ2) is 4.62. The predicted octanol–water partition coefficient (Wildman–Crippen LogP) is 1.48. The molecule has 0 bridgehead atoms. The first-order valence-electron chi connectivity index (χ1n) is 6.34. The van der Waals surface area contributed by atoms with Gasteiger partial charge in [-0.15, -0.1) is 0 Å². The third-order valence-electron chi connectivity index (χ3n) is 3.39. The van der Waals surface area contributed by atoms with E-state index in [0.29, 0.717) is 22.6 Å². The van der Waals surface area contributed by atoms with Gasteiger partial charge in [-0.25, -0.2) is 14.8 Å². The SMILES string of the molecule is Cc1nc2c(N)nc3ccc(OCC(=O)O)cc3c2n1C. The van der Waals surface area contributed by atoms with Crippen molar-refractivity contribution in [2.24, 2.45) is 7.05 Å². The number of aromatic nitrogens is 3. The van der Waals surface area contributed by atoms with E-state index in [1.165, 1.54) is 0 Å². The van der Waals surface area contributed by atoms with E-state index in [4.69, 9.17) is 15.6 Å². The fourth-order valence-corrected chi connectivity index (χ4v) is 2.32. The molecule has 0 unspecified atom stereocenters. The molecule has 7 nitrogen and oxygen atoms in total. The van der Waals surface area contributed by atoms with Crippen LogP contribution in [0.3, 0.4) is 0 Å². The number of imidazole rings is 1. The molecule has 7 heteroatoms. The Morgan fingerprint density at radius 1 is 1.43 bits per heavy atom. The first kappa shape index (κ1) is 13.2. The summed E-state index contributed by atoms with van der Waals surface area (Å²) in [7, 11) is 1.90. The van der Waals surface area contributed by atoms with E-state index in [0.717, 1.165) is 16.7 Å². The summed E-state index contributed by atoms with van der Waals surface area (Å²) < 4.78 is 7.14. The number of hydrogen-bond acceptors (Lipinski definition) is 5. The fourth-order valence-electron chi connectivity index (χ4n) is 2.32. The van der Waals surface area contributed by atoms with Gasteiger partial charge >= 0.3 is 5.97 Å². The molecule has 0 aliphatic heterocycles. The summed E-state index contributed by atoms with van der Waals surface area (Å²) in [4.78, 5) is 19.3. The van der Waals surface area contributed by atoms with E-state index < -0.39 is 5.97 Å². The number of aliphatic carboxylic acids is 1. The molecule has 2 aromatic heterocycles. The number of nitrogens with two attached hydrogens (primary N) is 1. The summed E-state index contributed by atoms with van der Waals surface area (Å²) in [5, 5.41) is 9.50. The van der Waals surface area contributed by atoms with Gasteiger partial charge in [0.1, 0.15) is 17.1 Å². The lowest BCUT2D eigenvalue weighted by Crippen LogP contribution is -2.09. The molecule has 0 saturated carbocycles. The summed E-state index contributed by atoms with van der Waals surface area (Å²) in [6, 6.07) is 5.19. The standard InChI is InChI=1S/C14H14N4O3/c1-7-16-12-13(18(7)2)9-5-8(21-6-11(19)20)3-4-10(9)17-14(12)15/h3-5H,6H2,1-2H3,(H2,15,17)(H,19,20). The van der Waals surface area contributed by atoms with E-state index >= 15 is 0 Å². The Morgan fingerprint density at radius 3 is 2.90 bits per heavy atom. The number of rotatable bonds is 3. The van der Waals surface area contributed by atoms with E-state index in [9.17, 15) is 4.79 Å². The van der Waals surface area contributed by atoms with Crippen LogP contribution >= 0.6 is 0 Å². The van der Waals surface area contributed by atoms with E-state index in [1.807, 2.05) is 18.5 Å². The number of aryl methyl sites for hydroxylation is 2. The second-order valence-corrected chi connectivity index (χ2v) is 4.77. The topological polar surface area (TPSA) is 103 Å². The van der Waals surface area contributed by atoms with Gasteiger partial charge in [0.25, 0.3) is 0 Å². The van der Waals surface area contributed by atoms with E-state index in [1.54, 1.807) is 18.2 Å². The van der Waals surface area contributed by atoms with Crippen LogP contribution in [0.25, 0.3) is 21.9 Å². The lowest BCUT2D eigenvalue weighted by molar-refractivity contribution is -0.139. The Balaban J connectivity index is 2.25. The molecule has 21 heavy (non-hydrogen) atoms. The van der Waals surface area contributed by atoms with Gasteiger partial charge in [-0.3, -0.25) is 0 Å². The maximum absolute atomic E-state index is 10.6. The molecule has 0 saturated heterocycles. The van der Waals surface area contributed by atoms with Crippen LogP contribution in [-0.2, 0) is 11.8 Å². The minimum atomic E-state index is -1.02. The Labute approximate surface area is 120 Å². The molecule has 3 rings (SSSR count). The van der Waals surface area contributed by atoms with Crippen molar-refractivity contribution in [2.45, 2.75) is 6.92 Å². The maximum atomic E-state index is 10.6. The number of nitrogen functional groups attached to an aromatic ring is 1. The lowest BCUT2D eigenvalue weighted by atomic mass is 10.1. The minimum Gasteiger partial charge on any atom is -0.482 e. The van der Waals surface area contributed by atoms with Crippen molar-refractivity contribution >= 4 is 33.7 Å². The Kier molecular flexibility index (Phi) is 2.90. The first-order valence-corrected chi connectivity index (χ1v) is 6.34. The summed E-state index contributed by atoms with van der Waals surface area (Å²) in [5.41, 5.74) is 8.15. The van der Waals surface area contributed by atoms with Gasteiger partial charge in [-0.1, -0.05) is 0 Å². The third kappa shape index (κ3) is 2.12. The second-order valence-electron chi connectivity index (χ2n) is 4.77. The van der Waals surface area contributed by atoms with Crippen molar-refractivity contribution in [1.29, 1.82) is 0 Å². The zero-order valence-corrected chi connectivity index (χ0v) is 11.6. The number of carboxylic acid groups (broad SMARTS) is 1. The molecular weight excluding hydrogens is 272 g/mol. The number of carbonyl (C=O) groups is 1. The number of hydrogen-bond donors (Lipinski definition) is 2. The summed E-state index contributed by atoms with van der Waals surface area (Å²) >= 11 is 0. The average Bonchev–Trinajstić information content (AvgIpc) is 2.74. The van der Waals surface area contributed by atoms with Gasteiger partial charge in [0.15, 0.2) is 12.4 Å². The van der Waals surface area contributed by atoms with Crippen LogP contribution in [-0.4, -0.2) is 32.2 Å². The van der Waals surface area contributed by atoms with Crippen LogP contribution < -0.4 is 10.5 Å². The van der Waals surface area contributed by atoms with Crippen LogP contribution in [0.1, 0.15) is 5.82 Å². The quantitative estimate of drug-likeness (QED) is 0.755. The molecule has 0 spiro atoms. The number of carboxylic acids is 1. The average molecular weight is 286 g/mol. The summed E-state index contributed by atoms with van der Waals surface area (Å²) in [6.45, 7) is 1.50. The van der Waals surface area contributed by atoms with Crippen molar-refractivity contribution in [3.8, 4) is 5.75 Å². The van der Waals surface area contributed by atoms with Crippen molar-refractivity contribution in [2.75, 3.05) is 12.3 Å². The summed E-state index contributed by atoms with van der Waals surface area (Å²) in [5.74, 6) is 0.645. The fraction of sp³-hybridized carbons (Fsp3) is 0.214. The predicted molar refractivity (Wildman–Crippen MR) is 78.3 cm³/mol. The van der Waals surface area contributed by atoms with Crippen molar-refractivity contribution in [3.05, 3.63) is 24.0 Å². The largest absolute Gasteiger partial charge is 0.482 e. The van der Waals surface area contributed by atoms with Crippen LogP contribution in [0.15, 0.2) is 18.2 Å². The van der Waals surface area contributed by atoms with E-state index in [2.05, 4.69) is 9.97 Å². The highest BCUT2D eigenvalue weighted by molar-refractivity contribution is 6.07. The van der Waals surface area contributed by atoms with Crippen LogP contribution in [0.2, 0.25) is 0 Å². The zero-order valence-electron chi connectivity index (χ0n) is 11.6. The molecule has 3 aromatic rings. The molecule has 108 valence electrons. The van der Waals surface area contributed by atoms with Crippen LogP contribution in [0.5, 0.6) is 5.75 Å². The van der Waals surface area contributed by atoms with Gasteiger partial charge in [0.05, 0.1) is 11.0 Å².